The second-order valence-corrected chi connectivity index (χ2v) is 5.35. The molecule has 0 fully saturated rings. The molecule has 0 saturated heterocycles. The molecule has 0 saturated carbocycles. The van der Waals surface area contributed by atoms with Crippen molar-refractivity contribution in [3.8, 4) is 0 Å². The highest BCUT2D eigenvalue weighted by molar-refractivity contribution is 7.99. The quantitative estimate of drug-likeness (QED) is 0.778. The lowest BCUT2D eigenvalue weighted by atomic mass is 10.2. The van der Waals surface area contributed by atoms with Crippen LogP contribution >= 0.6 is 11.8 Å². The first-order chi connectivity index (χ1) is 7.58. The number of nitrogens with one attached hydrogen (secondary N) is 1. The van der Waals surface area contributed by atoms with E-state index in [-0.39, 0.29) is 0 Å². The Bertz CT molecular complexity index is 305. The van der Waals surface area contributed by atoms with Gasteiger partial charge in [-0.15, -0.1) is 0 Å². The monoisotopic (exact) mass is 242 g/mol. The van der Waals surface area contributed by atoms with Crippen LogP contribution in [0.1, 0.15) is 38.6 Å². The number of rotatable bonds is 6. The Balaban J connectivity index is 2.58. The molecular formula is C12H22N2OS. The molecule has 3 nitrogen and oxygen atoms in total. The summed E-state index contributed by atoms with van der Waals surface area (Å²) < 4.78 is 5.58. The highest BCUT2D eigenvalue weighted by Crippen LogP contribution is 2.27. The van der Waals surface area contributed by atoms with Gasteiger partial charge in [-0.2, -0.15) is 0 Å². The Morgan fingerprint density at radius 2 is 2.06 bits per heavy atom. The summed E-state index contributed by atoms with van der Waals surface area (Å²) in [4.78, 5) is 4.40. The lowest BCUT2D eigenvalue weighted by Crippen LogP contribution is -2.35. The van der Waals surface area contributed by atoms with Crippen LogP contribution in [0.4, 0.5) is 0 Å². The summed E-state index contributed by atoms with van der Waals surface area (Å²) >= 11 is 1.71. The van der Waals surface area contributed by atoms with Gasteiger partial charge in [-0.1, -0.05) is 32.5 Å². The second kappa shape index (κ2) is 6.30. The smallest absolute Gasteiger partial charge is 0.256 e. The summed E-state index contributed by atoms with van der Waals surface area (Å²) in [5.41, 5.74) is 0.992. The molecule has 2 atom stereocenters. The zero-order valence-electron chi connectivity index (χ0n) is 10.8. The standard InChI is InChI=1S/C12H22N2OS/c1-6-11(13-7-2)10(5)16-12-14-8(3)9(4)15-12/h10-11,13H,6-7H2,1-5H3. The summed E-state index contributed by atoms with van der Waals surface area (Å²) in [7, 11) is 0. The molecule has 1 aromatic rings. The zero-order valence-corrected chi connectivity index (χ0v) is 11.6. The Hall–Kier alpha value is -0.480. The van der Waals surface area contributed by atoms with Crippen molar-refractivity contribution in [2.75, 3.05) is 6.54 Å². The van der Waals surface area contributed by atoms with Crippen LogP contribution in [-0.4, -0.2) is 22.8 Å². The van der Waals surface area contributed by atoms with Crippen LogP contribution in [0.3, 0.4) is 0 Å². The van der Waals surface area contributed by atoms with Gasteiger partial charge in [0.05, 0.1) is 5.69 Å². The first kappa shape index (κ1) is 13.6. The van der Waals surface area contributed by atoms with E-state index in [4.69, 9.17) is 4.42 Å². The number of aromatic nitrogens is 1. The van der Waals surface area contributed by atoms with Gasteiger partial charge >= 0.3 is 0 Å². The van der Waals surface area contributed by atoms with Crippen LogP contribution in [0.2, 0.25) is 0 Å². The molecule has 2 unspecified atom stereocenters. The van der Waals surface area contributed by atoms with Crippen molar-refractivity contribution >= 4 is 11.8 Å². The molecule has 0 radical (unpaired) electrons. The summed E-state index contributed by atoms with van der Waals surface area (Å²) in [5, 5.41) is 4.75. The minimum Gasteiger partial charge on any atom is -0.437 e. The van der Waals surface area contributed by atoms with E-state index in [0.29, 0.717) is 11.3 Å². The summed E-state index contributed by atoms with van der Waals surface area (Å²) in [6.45, 7) is 11.5. The Morgan fingerprint density at radius 1 is 1.38 bits per heavy atom. The van der Waals surface area contributed by atoms with Crippen molar-refractivity contribution in [3.63, 3.8) is 0 Å². The third-order valence-corrected chi connectivity index (χ3v) is 3.84. The van der Waals surface area contributed by atoms with E-state index >= 15 is 0 Å². The maximum Gasteiger partial charge on any atom is 0.256 e. The molecule has 1 N–H and O–H groups in total. The van der Waals surface area contributed by atoms with Crippen molar-refractivity contribution in [1.82, 2.24) is 10.3 Å². The van der Waals surface area contributed by atoms with Crippen LogP contribution < -0.4 is 5.32 Å². The van der Waals surface area contributed by atoms with Crippen LogP contribution in [0.15, 0.2) is 9.64 Å². The van der Waals surface area contributed by atoms with Gasteiger partial charge in [-0.3, -0.25) is 0 Å². The van der Waals surface area contributed by atoms with Gasteiger partial charge in [0, 0.05) is 11.3 Å². The number of hydrogen-bond acceptors (Lipinski definition) is 4. The van der Waals surface area contributed by atoms with Crippen molar-refractivity contribution < 1.29 is 4.42 Å². The van der Waals surface area contributed by atoms with Gasteiger partial charge in [-0.05, 0) is 26.8 Å². The number of oxazole rings is 1. The molecule has 0 aromatic carbocycles. The minimum atomic E-state index is 0.474. The SMILES string of the molecule is CCNC(CC)C(C)Sc1nc(C)c(C)o1. The second-order valence-electron chi connectivity index (χ2n) is 4.02. The van der Waals surface area contributed by atoms with Crippen LogP contribution in [0, 0.1) is 13.8 Å². The molecule has 1 rings (SSSR count). The van der Waals surface area contributed by atoms with Crippen LogP contribution in [-0.2, 0) is 0 Å². The average Bonchev–Trinajstić information content (AvgIpc) is 2.54. The fourth-order valence-corrected chi connectivity index (χ4v) is 2.77. The summed E-state index contributed by atoms with van der Waals surface area (Å²) in [5.74, 6) is 0.922. The van der Waals surface area contributed by atoms with Crippen molar-refractivity contribution in [3.05, 3.63) is 11.5 Å². The molecule has 1 heterocycles. The first-order valence-corrected chi connectivity index (χ1v) is 6.80. The Kier molecular flexibility index (Phi) is 5.35. The van der Waals surface area contributed by atoms with Gasteiger partial charge in [-0.25, -0.2) is 4.98 Å². The van der Waals surface area contributed by atoms with E-state index in [0.717, 1.165) is 29.6 Å². The van der Waals surface area contributed by atoms with E-state index in [9.17, 15) is 0 Å². The molecule has 0 aliphatic carbocycles. The lowest BCUT2D eigenvalue weighted by molar-refractivity contribution is 0.427. The van der Waals surface area contributed by atoms with E-state index in [2.05, 4.69) is 31.1 Å². The van der Waals surface area contributed by atoms with Gasteiger partial charge in [0.25, 0.3) is 5.22 Å². The molecule has 0 aliphatic rings. The number of aryl methyl sites for hydroxylation is 2. The topological polar surface area (TPSA) is 38.1 Å². The molecule has 16 heavy (non-hydrogen) atoms. The van der Waals surface area contributed by atoms with E-state index in [1.807, 2.05) is 13.8 Å². The minimum absolute atomic E-state index is 0.474. The molecule has 0 spiro atoms. The number of nitrogens with zero attached hydrogens (tertiary/aromatic N) is 1. The van der Waals surface area contributed by atoms with Crippen molar-refractivity contribution in [1.29, 1.82) is 0 Å². The number of thioether (sulfide) groups is 1. The van der Waals surface area contributed by atoms with Crippen molar-refractivity contribution in [2.24, 2.45) is 0 Å². The maximum absolute atomic E-state index is 5.58. The van der Waals surface area contributed by atoms with Gasteiger partial charge < -0.3 is 9.73 Å². The first-order valence-electron chi connectivity index (χ1n) is 5.92. The molecule has 4 heteroatoms. The lowest BCUT2D eigenvalue weighted by Gasteiger charge is -2.21. The van der Waals surface area contributed by atoms with Crippen molar-refractivity contribution in [2.45, 2.75) is 57.6 Å². The highest BCUT2D eigenvalue weighted by Gasteiger charge is 2.18. The van der Waals surface area contributed by atoms with Gasteiger partial charge in [0.1, 0.15) is 5.76 Å². The third-order valence-electron chi connectivity index (χ3n) is 2.77. The predicted molar refractivity (Wildman–Crippen MR) is 69.1 cm³/mol. The van der Waals surface area contributed by atoms with Crippen LogP contribution in [0.25, 0.3) is 0 Å². The molecule has 0 amide bonds. The molecular weight excluding hydrogens is 220 g/mol. The normalized spacial score (nSPS) is 15.1. The number of hydrogen-bond donors (Lipinski definition) is 1. The van der Waals surface area contributed by atoms with E-state index < -0.39 is 0 Å². The van der Waals surface area contributed by atoms with Gasteiger partial charge in [0.2, 0.25) is 0 Å². The van der Waals surface area contributed by atoms with E-state index in [1.165, 1.54) is 0 Å². The fraction of sp³-hybridized carbons (Fsp3) is 0.750. The molecule has 92 valence electrons. The van der Waals surface area contributed by atoms with E-state index in [1.54, 1.807) is 11.8 Å². The molecule has 0 aliphatic heterocycles. The molecule has 1 aromatic heterocycles. The largest absolute Gasteiger partial charge is 0.437 e. The average molecular weight is 242 g/mol. The Morgan fingerprint density at radius 3 is 2.50 bits per heavy atom. The summed E-state index contributed by atoms with van der Waals surface area (Å²) in [6.07, 6.45) is 1.13. The third kappa shape index (κ3) is 3.52. The highest BCUT2D eigenvalue weighted by atomic mass is 32.2. The molecule has 0 bridgehead atoms. The van der Waals surface area contributed by atoms with Gasteiger partial charge in [0.15, 0.2) is 0 Å². The maximum atomic E-state index is 5.58. The fourth-order valence-electron chi connectivity index (χ4n) is 1.64. The summed E-state index contributed by atoms with van der Waals surface area (Å²) in [6, 6.07) is 0.516. The Labute approximate surface area is 102 Å². The predicted octanol–water partition coefficient (Wildman–Crippen LogP) is 3.16. The zero-order chi connectivity index (χ0) is 12.1. The van der Waals surface area contributed by atoms with Crippen LogP contribution in [0.5, 0.6) is 0 Å².